The molecular weight excluding hydrogens is 240 g/mol. The third-order valence-corrected chi connectivity index (χ3v) is 3.95. The van der Waals surface area contributed by atoms with Gasteiger partial charge < -0.3 is 10.2 Å². The minimum absolute atomic E-state index is 0.0748. The van der Waals surface area contributed by atoms with Crippen LogP contribution in [0.4, 0.5) is 5.82 Å². The van der Waals surface area contributed by atoms with E-state index in [1.54, 1.807) is 0 Å². The molecule has 5 heteroatoms. The van der Waals surface area contributed by atoms with Crippen LogP contribution in [0.5, 0.6) is 0 Å². The Bertz CT molecular complexity index is 470. The van der Waals surface area contributed by atoms with Crippen molar-refractivity contribution in [1.82, 2.24) is 15.5 Å². The smallest absolute Gasteiger partial charge is 0.243 e. The summed E-state index contributed by atoms with van der Waals surface area (Å²) in [6.07, 6.45) is 5.84. The number of hydrogen-bond acceptors (Lipinski definition) is 3. The average molecular weight is 260 g/mol. The molecule has 0 unspecified atom stereocenters. The zero-order chi connectivity index (χ0) is 13.2. The van der Waals surface area contributed by atoms with Gasteiger partial charge in [0.1, 0.15) is 0 Å². The molecule has 2 fully saturated rings. The second-order valence-corrected chi connectivity index (χ2v) is 5.43. The Balaban J connectivity index is 1.54. The van der Waals surface area contributed by atoms with Crippen molar-refractivity contribution in [2.75, 3.05) is 18.0 Å². The standard InChI is InChI=1S/C14H20N4O/c1-2-14(19)15-11-5-7-18(8-6-11)13-9-12(16-17-13)10-3-4-10/h2,9-11H,1,3-8H2,(H,15,19)(H,16,17). The summed E-state index contributed by atoms with van der Waals surface area (Å²) in [4.78, 5) is 13.5. The minimum atomic E-state index is -0.0748. The van der Waals surface area contributed by atoms with Crippen LogP contribution in [0.2, 0.25) is 0 Å². The molecule has 102 valence electrons. The van der Waals surface area contributed by atoms with Gasteiger partial charge in [0.05, 0.1) is 0 Å². The van der Waals surface area contributed by atoms with Crippen molar-refractivity contribution in [3.8, 4) is 0 Å². The SMILES string of the molecule is C=CC(=O)NC1CCN(c2cc(C3CC3)[nH]n2)CC1. The fourth-order valence-corrected chi connectivity index (χ4v) is 2.60. The molecule has 1 aliphatic heterocycles. The summed E-state index contributed by atoms with van der Waals surface area (Å²) in [5.41, 5.74) is 1.28. The quantitative estimate of drug-likeness (QED) is 0.808. The molecule has 0 aromatic carbocycles. The third kappa shape index (κ3) is 2.80. The number of carbonyl (C=O) groups excluding carboxylic acids is 1. The molecule has 0 radical (unpaired) electrons. The lowest BCUT2D eigenvalue weighted by molar-refractivity contribution is -0.117. The Hall–Kier alpha value is -1.78. The van der Waals surface area contributed by atoms with Crippen LogP contribution in [0.1, 0.15) is 37.3 Å². The summed E-state index contributed by atoms with van der Waals surface area (Å²) in [6, 6.07) is 2.45. The van der Waals surface area contributed by atoms with Crippen LogP contribution in [0.15, 0.2) is 18.7 Å². The second-order valence-electron chi connectivity index (χ2n) is 5.43. The number of carbonyl (C=O) groups is 1. The molecule has 1 saturated heterocycles. The number of anilines is 1. The minimum Gasteiger partial charge on any atom is -0.355 e. The van der Waals surface area contributed by atoms with E-state index in [0.717, 1.165) is 31.7 Å². The van der Waals surface area contributed by atoms with Crippen LogP contribution in [-0.4, -0.2) is 35.2 Å². The number of amides is 1. The van der Waals surface area contributed by atoms with Gasteiger partial charge in [-0.05, 0) is 31.8 Å². The summed E-state index contributed by atoms with van der Waals surface area (Å²) in [5.74, 6) is 1.69. The van der Waals surface area contributed by atoms with Crippen LogP contribution in [0.25, 0.3) is 0 Å². The number of H-pyrrole nitrogens is 1. The van der Waals surface area contributed by atoms with E-state index in [9.17, 15) is 4.79 Å². The van der Waals surface area contributed by atoms with Crippen LogP contribution in [0, 0.1) is 0 Å². The highest BCUT2D eigenvalue weighted by Crippen LogP contribution is 2.40. The number of nitrogens with one attached hydrogen (secondary N) is 2. The predicted molar refractivity (Wildman–Crippen MR) is 74.1 cm³/mol. The molecule has 2 heterocycles. The van der Waals surface area contributed by atoms with E-state index >= 15 is 0 Å². The molecule has 0 spiro atoms. The second kappa shape index (κ2) is 5.07. The van der Waals surface area contributed by atoms with Crippen molar-refractivity contribution < 1.29 is 4.79 Å². The molecule has 1 amide bonds. The van der Waals surface area contributed by atoms with Crippen molar-refractivity contribution in [2.45, 2.75) is 37.6 Å². The fourth-order valence-electron chi connectivity index (χ4n) is 2.60. The maximum atomic E-state index is 11.3. The maximum absolute atomic E-state index is 11.3. The van der Waals surface area contributed by atoms with Gasteiger partial charge in [0, 0.05) is 36.8 Å². The topological polar surface area (TPSA) is 61.0 Å². The van der Waals surface area contributed by atoms with Crippen molar-refractivity contribution in [1.29, 1.82) is 0 Å². The molecule has 1 saturated carbocycles. The Morgan fingerprint density at radius 1 is 1.42 bits per heavy atom. The molecule has 0 bridgehead atoms. The van der Waals surface area contributed by atoms with Crippen molar-refractivity contribution in [3.63, 3.8) is 0 Å². The van der Waals surface area contributed by atoms with Crippen LogP contribution >= 0.6 is 0 Å². The van der Waals surface area contributed by atoms with Gasteiger partial charge in [0.25, 0.3) is 0 Å². The van der Waals surface area contributed by atoms with E-state index in [0.29, 0.717) is 5.92 Å². The Labute approximate surface area is 113 Å². The first-order valence-electron chi connectivity index (χ1n) is 6.99. The highest BCUT2D eigenvalue weighted by molar-refractivity contribution is 5.87. The van der Waals surface area contributed by atoms with E-state index in [2.05, 4.69) is 33.1 Å². The number of nitrogens with zero attached hydrogens (tertiary/aromatic N) is 2. The Morgan fingerprint density at radius 3 is 2.79 bits per heavy atom. The van der Waals surface area contributed by atoms with E-state index in [1.165, 1.54) is 24.6 Å². The van der Waals surface area contributed by atoms with Gasteiger partial charge in [-0.25, -0.2) is 0 Å². The summed E-state index contributed by atoms with van der Waals surface area (Å²) in [7, 11) is 0. The molecule has 19 heavy (non-hydrogen) atoms. The van der Waals surface area contributed by atoms with Crippen LogP contribution < -0.4 is 10.2 Å². The average Bonchev–Trinajstić information content (AvgIpc) is 3.17. The summed E-state index contributed by atoms with van der Waals surface area (Å²) in [6.45, 7) is 5.36. The number of hydrogen-bond donors (Lipinski definition) is 2. The zero-order valence-corrected chi connectivity index (χ0v) is 11.1. The number of piperidine rings is 1. The summed E-state index contributed by atoms with van der Waals surface area (Å²) < 4.78 is 0. The van der Waals surface area contributed by atoms with Gasteiger partial charge in [0.15, 0.2) is 5.82 Å². The maximum Gasteiger partial charge on any atom is 0.243 e. The molecular formula is C14H20N4O. The first-order chi connectivity index (χ1) is 9.26. The lowest BCUT2D eigenvalue weighted by Crippen LogP contribution is -2.44. The number of aromatic nitrogens is 2. The lowest BCUT2D eigenvalue weighted by atomic mass is 10.1. The predicted octanol–water partition coefficient (Wildman–Crippen LogP) is 1.56. The van der Waals surface area contributed by atoms with Gasteiger partial charge in [0.2, 0.25) is 5.91 Å². The normalized spacial score (nSPS) is 20.3. The van der Waals surface area contributed by atoms with Gasteiger partial charge in [-0.15, -0.1) is 0 Å². The van der Waals surface area contributed by atoms with Gasteiger partial charge in [-0.1, -0.05) is 6.58 Å². The van der Waals surface area contributed by atoms with Crippen LogP contribution in [0.3, 0.4) is 0 Å². The van der Waals surface area contributed by atoms with E-state index in [-0.39, 0.29) is 11.9 Å². The fraction of sp³-hybridized carbons (Fsp3) is 0.571. The molecule has 2 aliphatic rings. The number of rotatable bonds is 4. The molecule has 1 aromatic rings. The lowest BCUT2D eigenvalue weighted by Gasteiger charge is -2.32. The third-order valence-electron chi connectivity index (χ3n) is 3.95. The molecule has 5 nitrogen and oxygen atoms in total. The zero-order valence-electron chi connectivity index (χ0n) is 11.1. The van der Waals surface area contributed by atoms with Crippen molar-refractivity contribution in [2.24, 2.45) is 0 Å². The monoisotopic (exact) mass is 260 g/mol. The van der Waals surface area contributed by atoms with Crippen molar-refractivity contribution in [3.05, 3.63) is 24.4 Å². The van der Waals surface area contributed by atoms with E-state index < -0.39 is 0 Å². The Kier molecular flexibility index (Phi) is 3.27. The molecule has 1 aliphatic carbocycles. The Morgan fingerprint density at radius 2 is 2.16 bits per heavy atom. The largest absolute Gasteiger partial charge is 0.355 e. The highest BCUT2D eigenvalue weighted by Gasteiger charge is 2.27. The molecule has 3 rings (SSSR count). The van der Waals surface area contributed by atoms with Gasteiger partial charge >= 0.3 is 0 Å². The summed E-state index contributed by atoms with van der Waals surface area (Å²) in [5, 5.41) is 10.5. The van der Waals surface area contributed by atoms with E-state index in [1.807, 2.05) is 0 Å². The van der Waals surface area contributed by atoms with Gasteiger partial charge in [-0.3, -0.25) is 9.89 Å². The first-order valence-corrected chi connectivity index (χ1v) is 6.99. The molecule has 0 atom stereocenters. The summed E-state index contributed by atoms with van der Waals surface area (Å²) >= 11 is 0. The first kappa shape index (κ1) is 12.3. The van der Waals surface area contributed by atoms with Gasteiger partial charge in [-0.2, -0.15) is 5.10 Å². The van der Waals surface area contributed by atoms with Crippen LogP contribution in [-0.2, 0) is 4.79 Å². The van der Waals surface area contributed by atoms with E-state index in [4.69, 9.17) is 0 Å². The molecule has 2 N–H and O–H groups in total. The van der Waals surface area contributed by atoms with Crippen molar-refractivity contribution >= 4 is 11.7 Å². The highest BCUT2D eigenvalue weighted by atomic mass is 16.1. The number of aromatic amines is 1. The molecule has 1 aromatic heterocycles.